The van der Waals surface area contributed by atoms with Crippen LogP contribution in [0.15, 0.2) is 30.6 Å². The Morgan fingerprint density at radius 2 is 2.04 bits per heavy atom. The molecule has 1 amide bonds. The summed E-state index contributed by atoms with van der Waals surface area (Å²) in [5.74, 6) is 0.526. The Labute approximate surface area is 182 Å². The number of hydrogen-bond acceptors (Lipinski definition) is 4. The summed E-state index contributed by atoms with van der Waals surface area (Å²) in [6.07, 6.45) is 10.3. The second kappa shape index (κ2) is 8.94. The lowest BCUT2D eigenvalue weighted by Crippen LogP contribution is -2.38. The Hall–Kier alpha value is -0.775. The highest BCUT2D eigenvalue weighted by Gasteiger charge is 2.25. The average Bonchev–Trinajstić information content (AvgIpc) is 2.62. The van der Waals surface area contributed by atoms with E-state index in [0.29, 0.717) is 14.8 Å². The van der Waals surface area contributed by atoms with Crippen molar-refractivity contribution < 1.29 is 4.79 Å². The summed E-state index contributed by atoms with van der Waals surface area (Å²) in [6, 6.07) is 5.68. The molecule has 1 N–H and O–H groups in total. The van der Waals surface area contributed by atoms with Crippen LogP contribution in [0.5, 0.6) is 0 Å². The number of carbonyl (C=O) groups excluding carboxylic acids is 1. The summed E-state index contributed by atoms with van der Waals surface area (Å²) in [6.45, 7) is 0. The Balaban J connectivity index is 1.64. The van der Waals surface area contributed by atoms with Gasteiger partial charge in [-0.2, -0.15) is 0 Å². The van der Waals surface area contributed by atoms with E-state index in [1.54, 1.807) is 18.5 Å². The van der Waals surface area contributed by atoms with Crippen LogP contribution >= 0.6 is 45.2 Å². The molecule has 0 aliphatic heterocycles. The second-order valence-electron chi connectivity index (χ2n) is 7.00. The largest absolute Gasteiger partial charge is 0.348 e. The van der Waals surface area contributed by atoms with Crippen LogP contribution in [0, 0.1) is 3.70 Å². The number of carbonyl (C=O) groups is 1. The number of pyridine rings is 1. The quantitative estimate of drug-likeness (QED) is 0.265. The summed E-state index contributed by atoms with van der Waals surface area (Å²) in [5.41, 5.74) is 1.25. The molecular weight excluding hydrogens is 553 g/mol. The first-order valence-electron chi connectivity index (χ1n) is 8.88. The molecule has 2 heterocycles. The number of aromatic nitrogens is 3. The fourth-order valence-corrected chi connectivity index (χ4v) is 4.25. The van der Waals surface area contributed by atoms with Crippen LogP contribution in [-0.4, -0.2) is 38.1 Å². The molecule has 0 aromatic carbocycles. The Kier molecular flexibility index (Phi) is 6.87. The fraction of sp³-hybridized carbons (Fsp3) is 0.444. The Morgan fingerprint density at radius 3 is 2.77 bits per heavy atom. The maximum Gasteiger partial charge on any atom is 0.270 e. The van der Waals surface area contributed by atoms with Gasteiger partial charge in [0.2, 0.25) is 0 Å². The lowest BCUT2D eigenvalue weighted by molar-refractivity contribution is 0.0925. The van der Waals surface area contributed by atoms with Crippen LogP contribution in [-0.2, 0) is 0 Å². The maximum atomic E-state index is 12.6. The molecule has 26 heavy (non-hydrogen) atoms. The number of nitrogens with zero attached hydrogens (tertiary/aromatic N) is 3. The zero-order valence-electron chi connectivity index (χ0n) is 14.7. The molecule has 1 aliphatic carbocycles. The molecule has 136 valence electrons. The summed E-state index contributed by atoms with van der Waals surface area (Å²) in [7, 11) is 2.31. The van der Waals surface area contributed by atoms with Crippen molar-refractivity contribution in [2.45, 2.75) is 47.9 Å². The number of halogens is 2. The van der Waals surface area contributed by atoms with Crippen molar-refractivity contribution in [1.82, 2.24) is 20.3 Å². The molecule has 8 heteroatoms. The standard InChI is InChI=1S/C18H21BI2N4O/c19-18(21)8-2-1-3-13(6-9-18)24-17(26)14-5-4-12(11-23-14)16-22-10-7-15(20)25-16/h4-5,7,10-11,13H,1-3,6,8-9,19H2,(H,24,26). The minimum Gasteiger partial charge on any atom is -0.348 e. The van der Waals surface area contributed by atoms with Gasteiger partial charge in [0.1, 0.15) is 17.2 Å². The highest BCUT2D eigenvalue weighted by atomic mass is 127. The van der Waals surface area contributed by atoms with Crippen LogP contribution < -0.4 is 5.32 Å². The first-order chi connectivity index (χ1) is 12.4. The second-order valence-corrected chi connectivity index (χ2v) is 10.7. The van der Waals surface area contributed by atoms with Crippen molar-refractivity contribution >= 4 is 58.9 Å². The van der Waals surface area contributed by atoms with Crippen LogP contribution in [0.1, 0.15) is 49.0 Å². The van der Waals surface area contributed by atoms with Crippen LogP contribution in [0.2, 0.25) is 0 Å². The van der Waals surface area contributed by atoms with E-state index in [-0.39, 0.29) is 11.9 Å². The first kappa shape index (κ1) is 20.0. The summed E-state index contributed by atoms with van der Waals surface area (Å²) in [4.78, 5) is 25.5. The zero-order chi connectivity index (χ0) is 18.6. The summed E-state index contributed by atoms with van der Waals surface area (Å²) < 4.78 is 1.22. The van der Waals surface area contributed by atoms with Gasteiger partial charge in [0.15, 0.2) is 5.82 Å². The third-order valence-corrected chi connectivity index (χ3v) is 6.41. The van der Waals surface area contributed by atoms with E-state index in [1.165, 1.54) is 19.3 Å². The van der Waals surface area contributed by atoms with Gasteiger partial charge < -0.3 is 5.32 Å². The van der Waals surface area contributed by atoms with Crippen molar-refractivity contribution in [3.05, 3.63) is 40.0 Å². The fourth-order valence-electron chi connectivity index (χ4n) is 3.17. The van der Waals surface area contributed by atoms with E-state index < -0.39 is 0 Å². The lowest BCUT2D eigenvalue weighted by atomic mass is 9.76. The molecule has 1 fully saturated rings. The molecule has 0 saturated heterocycles. The minimum absolute atomic E-state index is 0.0964. The van der Waals surface area contributed by atoms with Gasteiger partial charge in [-0.1, -0.05) is 35.4 Å². The molecule has 5 nitrogen and oxygen atoms in total. The molecule has 0 radical (unpaired) electrons. The van der Waals surface area contributed by atoms with Gasteiger partial charge in [0.05, 0.1) is 0 Å². The molecule has 2 aromatic heterocycles. The van der Waals surface area contributed by atoms with E-state index in [1.807, 2.05) is 12.1 Å². The smallest absolute Gasteiger partial charge is 0.270 e. The van der Waals surface area contributed by atoms with E-state index >= 15 is 0 Å². The first-order valence-corrected chi connectivity index (χ1v) is 11.0. The molecule has 2 unspecified atom stereocenters. The SMILES string of the molecule is BC1(I)CCCCC(NC(=O)c2ccc(-c3nccc(I)n3)cn2)CC1. The Bertz CT molecular complexity index is 770. The number of nitrogens with one attached hydrogen (secondary N) is 1. The monoisotopic (exact) mass is 574 g/mol. The minimum atomic E-state index is -0.0964. The topological polar surface area (TPSA) is 67.8 Å². The van der Waals surface area contributed by atoms with Crippen LogP contribution in [0.25, 0.3) is 11.4 Å². The van der Waals surface area contributed by atoms with Crippen molar-refractivity contribution in [2.75, 3.05) is 0 Å². The predicted octanol–water partition coefficient (Wildman–Crippen LogP) is 3.36. The zero-order valence-corrected chi connectivity index (χ0v) is 19.0. The Morgan fingerprint density at radius 1 is 1.19 bits per heavy atom. The van der Waals surface area contributed by atoms with Crippen molar-refractivity contribution in [3.63, 3.8) is 0 Å². The van der Waals surface area contributed by atoms with Crippen LogP contribution in [0.3, 0.4) is 0 Å². The summed E-state index contributed by atoms with van der Waals surface area (Å²) in [5, 5.41) is 3.17. The molecule has 1 aliphatic rings. The van der Waals surface area contributed by atoms with Gasteiger partial charge in [-0.25, -0.2) is 9.97 Å². The average molecular weight is 574 g/mol. The van der Waals surface area contributed by atoms with Gasteiger partial charge in [-0.05, 0) is 69.8 Å². The van der Waals surface area contributed by atoms with E-state index in [4.69, 9.17) is 0 Å². The molecule has 0 spiro atoms. The van der Waals surface area contributed by atoms with E-state index in [2.05, 4.69) is 73.3 Å². The van der Waals surface area contributed by atoms with Gasteiger partial charge in [0, 0.05) is 24.0 Å². The molecule has 2 atom stereocenters. The highest BCUT2D eigenvalue weighted by molar-refractivity contribution is 14.1. The molecular formula is C18H21BI2N4O. The number of amides is 1. The van der Waals surface area contributed by atoms with Crippen LogP contribution in [0.4, 0.5) is 0 Å². The summed E-state index contributed by atoms with van der Waals surface area (Å²) >= 11 is 4.71. The van der Waals surface area contributed by atoms with Crippen molar-refractivity contribution in [2.24, 2.45) is 0 Å². The van der Waals surface area contributed by atoms with Crippen molar-refractivity contribution in [1.29, 1.82) is 0 Å². The number of hydrogen-bond donors (Lipinski definition) is 1. The maximum absolute atomic E-state index is 12.6. The van der Waals surface area contributed by atoms with Gasteiger partial charge in [-0.3, -0.25) is 9.78 Å². The third-order valence-electron chi connectivity index (χ3n) is 4.73. The van der Waals surface area contributed by atoms with E-state index in [9.17, 15) is 4.79 Å². The lowest BCUT2D eigenvalue weighted by Gasteiger charge is -2.29. The predicted molar refractivity (Wildman–Crippen MR) is 122 cm³/mol. The van der Waals surface area contributed by atoms with E-state index in [0.717, 1.165) is 28.5 Å². The molecule has 0 bridgehead atoms. The van der Waals surface area contributed by atoms with Gasteiger partial charge >= 0.3 is 0 Å². The van der Waals surface area contributed by atoms with Gasteiger partial charge in [-0.15, -0.1) is 0 Å². The molecule has 2 aromatic rings. The van der Waals surface area contributed by atoms with Crippen molar-refractivity contribution in [3.8, 4) is 11.4 Å². The number of rotatable bonds is 3. The normalized spacial score (nSPS) is 23.7. The molecule has 1 saturated carbocycles. The highest BCUT2D eigenvalue weighted by Crippen LogP contribution is 2.31. The van der Waals surface area contributed by atoms with Gasteiger partial charge in [0.25, 0.3) is 5.91 Å². The molecule has 3 rings (SSSR count). The number of alkyl halides is 1. The third kappa shape index (κ3) is 5.61.